The molecule has 0 fully saturated rings. The van der Waals surface area contributed by atoms with Gasteiger partial charge in [-0.15, -0.1) is 0 Å². The first-order valence-electron chi connectivity index (χ1n) is 6.23. The van der Waals surface area contributed by atoms with Crippen molar-refractivity contribution in [2.45, 2.75) is 32.7 Å². The zero-order chi connectivity index (χ0) is 14.1. The largest absolute Gasteiger partial charge is 0.481 e. The van der Waals surface area contributed by atoms with Crippen molar-refractivity contribution in [1.82, 2.24) is 15.6 Å². The first kappa shape index (κ1) is 14.9. The van der Waals surface area contributed by atoms with Gasteiger partial charge >= 0.3 is 12.0 Å². The Morgan fingerprint density at radius 2 is 2.11 bits per heavy atom. The Labute approximate surface area is 112 Å². The normalized spacial score (nSPS) is 9.95. The Hall–Kier alpha value is -2.11. The van der Waals surface area contributed by atoms with E-state index in [-0.39, 0.29) is 12.5 Å². The minimum atomic E-state index is -0.810. The summed E-state index contributed by atoms with van der Waals surface area (Å²) in [7, 11) is 0. The molecule has 0 aromatic carbocycles. The molecule has 1 aromatic rings. The van der Waals surface area contributed by atoms with Crippen molar-refractivity contribution in [1.29, 1.82) is 0 Å². The lowest BCUT2D eigenvalue weighted by atomic mass is 10.2. The van der Waals surface area contributed by atoms with E-state index in [2.05, 4.69) is 15.6 Å². The third-order valence-electron chi connectivity index (χ3n) is 2.64. The average molecular weight is 265 g/mol. The number of aryl methyl sites for hydroxylation is 1. The van der Waals surface area contributed by atoms with Crippen LogP contribution in [0, 0.1) is 6.92 Å². The molecule has 0 aliphatic heterocycles. The smallest absolute Gasteiger partial charge is 0.315 e. The third-order valence-corrected chi connectivity index (χ3v) is 2.64. The summed E-state index contributed by atoms with van der Waals surface area (Å²) < 4.78 is 0. The Balaban J connectivity index is 2.15. The van der Waals surface area contributed by atoms with Crippen molar-refractivity contribution in [3.63, 3.8) is 0 Å². The molecule has 104 valence electrons. The van der Waals surface area contributed by atoms with Crippen LogP contribution in [0.3, 0.4) is 0 Å². The summed E-state index contributed by atoms with van der Waals surface area (Å²) in [5.74, 6) is -0.810. The van der Waals surface area contributed by atoms with Gasteiger partial charge in [-0.3, -0.25) is 9.78 Å². The van der Waals surface area contributed by atoms with Crippen LogP contribution in [0.15, 0.2) is 18.3 Å². The highest BCUT2D eigenvalue weighted by molar-refractivity contribution is 5.73. The van der Waals surface area contributed by atoms with E-state index in [4.69, 9.17) is 5.11 Å². The molecule has 0 aliphatic carbocycles. The molecule has 0 bridgehead atoms. The van der Waals surface area contributed by atoms with E-state index in [9.17, 15) is 9.59 Å². The number of carbonyl (C=O) groups is 2. The van der Waals surface area contributed by atoms with Gasteiger partial charge in [-0.1, -0.05) is 6.07 Å². The van der Waals surface area contributed by atoms with Crippen molar-refractivity contribution in [3.8, 4) is 0 Å². The quantitative estimate of drug-likeness (QED) is 0.651. The van der Waals surface area contributed by atoms with E-state index < -0.39 is 5.97 Å². The molecule has 0 radical (unpaired) electrons. The minimum absolute atomic E-state index is 0.135. The predicted octanol–water partition coefficient (Wildman–Crippen LogP) is 1.44. The molecule has 6 heteroatoms. The first-order chi connectivity index (χ1) is 9.09. The molecular formula is C13H19N3O3. The van der Waals surface area contributed by atoms with Crippen LogP contribution in [0.25, 0.3) is 0 Å². The summed E-state index contributed by atoms with van der Waals surface area (Å²) in [5.41, 5.74) is 1.87. The Kier molecular flexibility index (Phi) is 6.35. The van der Waals surface area contributed by atoms with Crippen molar-refractivity contribution >= 4 is 12.0 Å². The maximum absolute atomic E-state index is 11.5. The van der Waals surface area contributed by atoms with Crippen molar-refractivity contribution in [2.75, 3.05) is 6.54 Å². The number of unbranched alkanes of at least 4 members (excludes halogenated alkanes) is 1. The molecule has 3 N–H and O–H groups in total. The van der Waals surface area contributed by atoms with Crippen molar-refractivity contribution in [3.05, 3.63) is 29.6 Å². The lowest BCUT2D eigenvalue weighted by Gasteiger charge is -2.08. The number of amides is 2. The molecule has 1 rings (SSSR count). The Bertz CT molecular complexity index is 435. The highest BCUT2D eigenvalue weighted by Gasteiger charge is 2.03. The van der Waals surface area contributed by atoms with E-state index >= 15 is 0 Å². The van der Waals surface area contributed by atoms with Crippen LogP contribution in [0.1, 0.15) is 30.5 Å². The van der Waals surface area contributed by atoms with Gasteiger partial charge in [-0.05, 0) is 31.4 Å². The number of rotatable bonds is 7. The summed E-state index contributed by atoms with van der Waals surface area (Å²) in [5, 5.41) is 13.8. The molecule has 0 aliphatic rings. The van der Waals surface area contributed by atoms with E-state index in [0.29, 0.717) is 25.9 Å². The number of nitrogens with zero attached hydrogens (tertiary/aromatic N) is 1. The molecule has 0 unspecified atom stereocenters. The second-order valence-electron chi connectivity index (χ2n) is 4.23. The highest BCUT2D eigenvalue weighted by atomic mass is 16.4. The molecule has 1 heterocycles. The molecule has 1 aromatic heterocycles. The first-order valence-corrected chi connectivity index (χ1v) is 6.23. The number of hydrogen-bond acceptors (Lipinski definition) is 3. The maximum Gasteiger partial charge on any atom is 0.315 e. The monoisotopic (exact) mass is 265 g/mol. The zero-order valence-corrected chi connectivity index (χ0v) is 11.0. The van der Waals surface area contributed by atoms with Gasteiger partial charge in [0.2, 0.25) is 0 Å². The van der Waals surface area contributed by atoms with Crippen LogP contribution < -0.4 is 10.6 Å². The van der Waals surface area contributed by atoms with Gasteiger partial charge in [0, 0.05) is 19.2 Å². The molecule has 2 amide bonds. The second-order valence-corrected chi connectivity index (χ2v) is 4.23. The lowest BCUT2D eigenvalue weighted by molar-refractivity contribution is -0.137. The van der Waals surface area contributed by atoms with Crippen LogP contribution in [-0.4, -0.2) is 28.6 Å². The Morgan fingerprint density at radius 3 is 2.79 bits per heavy atom. The van der Waals surface area contributed by atoms with Gasteiger partial charge in [0.1, 0.15) is 0 Å². The van der Waals surface area contributed by atoms with Crippen LogP contribution in [-0.2, 0) is 11.3 Å². The van der Waals surface area contributed by atoms with Crippen LogP contribution in [0.5, 0.6) is 0 Å². The summed E-state index contributed by atoms with van der Waals surface area (Å²) in [4.78, 5) is 25.9. The SMILES string of the molecule is Cc1cccnc1CNC(=O)NCCCCC(=O)O. The van der Waals surface area contributed by atoms with Gasteiger partial charge in [-0.25, -0.2) is 4.79 Å². The van der Waals surface area contributed by atoms with E-state index in [1.165, 1.54) is 0 Å². The molecular weight excluding hydrogens is 246 g/mol. The number of carbonyl (C=O) groups excluding carboxylic acids is 1. The van der Waals surface area contributed by atoms with Crippen LogP contribution in [0.2, 0.25) is 0 Å². The number of urea groups is 1. The van der Waals surface area contributed by atoms with Gasteiger partial charge in [0.25, 0.3) is 0 Å². The minimum Gasteiger partial charge on any atom is -0.481 e. The van der Waals surface area contributed by atoms with Gasteiger partial charge < -0.3 is 15.7 Å². The number of pyridine rings is 1. The number of carboxylic acid groups (broad SMARTS) is 1. The molecule has 0 saturated heterocycles. The fourth-order valence-corrected chi connectivity index (χ4v) is 1.53. The predicted molar refractivity (Wildman–Crippen MR) is 70.7 cm³/mol. The fourth-order valence-electron chi connectivity index (χ4n) is 1.53. The highest BCUT2D eigenvalue weighted by Crippen LogP contribution is 2.01. The molecule has 0 spiro atoms. The van der Waals surface area contributed by atoms with Crippen molar-refractivity contribution < 1.29 is 14.7 Å². The fraction of sp³-hybridized carbons (Fsp3) is 0.462. The standard InChI is InChI=1S/C13H19N3O3/c1-10-5-4-8-14-11(10)9-16-13(19)15-7-3-2-6-12(17)18/h4-5,8H,2-3,6-7,9H2,1H3,(H,17,18)(H2,15,16,19). The average Bonchev–Trinajstić information content (AvgIpc) is 2.37. The van der Waals surface area contributed by atoms with Crippen LogP contribution in [0.4, 0.5) is 4.79 Å². The van der Waals surface area contributed by atoms with Crippen LogP contribution >= 0.6 is 0 Å². The van der Waals surface area contributed by atoms with E-state index in [1.807, 2.05) is 19.1 Å². The number of aromatic nitrogens is 1. The summed E-state index contributed by atoms with van der Waals surface area (Å²) in [6.45, 7) is 2.79. The number of hydrogen-bond donors (Lipinski definition) is 3. The summed E-state index contributed by atoms with van der Waals surface area (Å²) >= 11 is 0. The van der Waals surface area contributed by atoms with Gasteiger partial charge in [0.05, 0.1) is 12.2 Å². The Morgan fingerprint density at radius 1 is 1.32 bits per heavy atom. The van der Waals surface area contributed by atoms with Gasteiger partial charge in [0.15, 0.2) is 0 Å². The topological polar surface area (TPSA) is 91.3 Å². The lowest BCUT2D eigenvalue weighted by Crippen LogP contribution is -2.35. The zero-order valence-electron chi connectivity index (χ0n) is 11.0. The molecule has 0 saturated carbocycles. The van der Waals surface area contributed by atoms with Crippen molar-refractivity contribution in [2.24, 2.45) is 0 Å². The number of nitrogens with one attached hydrogen (secondary N) is 2. The summed E-state index contributed by atoms with van der Waals surface area (Å²) in [6, 6.07) is 3.52. The van der Waals surface area contributed by atoms with E-state index in [0.717, 1.165) is 11.3 Å². The maximum atomic E-state index is 11.5. The molecule has 0 atom stereocenters. The molecule has 6 nitrogen and oxygen atoms in total. The number of aliphatic carboxylic acids is 1. The second kappa shape index (κ2) is 8.07. The third kappa shape index (κ3) is 6.40. The summed E-state index contributed by atoms with van der Waals surface area (Å²) in [6.07, 6.45) is 3.04. The van der Waals surface area contributed by atoms with Gasteiger partial charge in [-0.2, -0.15) is 0 Å². The number of carboxylic acids is 1. The van der Waals surface area contributed by atoms with E-state index in [1.54, 1.807) is 6.20 Å². The molecule has 19 heavy (non-hydrogen) atoms.